The first-order chi connectivity index (χ1) is 12.8. The predicted molar refractivity (Wildman–Crippen MR) is 117 cm³/mol. The standard InChI is InChI=1S/C19H24N6O.HI/c1-2-20-19(24-15-7-8-18-22-13-23-25(18)12-15)21-10-9-16-11-14-5-3-4-6-17(14)26-16;/h3-6,11,13,15H,2,7-10,12H2,1H3,(H2,20,21,24);1H. The first-order valence-electron chi connectivity index (χ1n) is 9.21. The van der Waals surface area contributed by atoms with Crippen molar-refractivity contribution >= 4 is 40.9 Å². The number of benzene rings is 1. The van der Waals surface area contributed by atoms with E-state index in [1.165, 1.54) is 0 Å². The predicted octanol–water partition coefficient (Wildman–Crippen LogP) is 2.75. The van der Waals surface area contributed by atoms with Crippen LogP contribution in [0, 0.1) is 0 Å². The molecule has 27 heavy (non-hydrogen) atoms. The van der Waals surface area contributed by atoms with Crippen molar-refractivity contribution in [3.8, 4) is 0 Å². The van der Waals surface area contributed by atoms with Gasteiger partial charge in [-0.25, -0.2) is 9.67 Å². The average molecular weight is 480 g/mol. The maximum absolute atomic E-state index is 5.86. The maximum atomic E-state index is 5.86. The number of halogens is 1. The molecule has 0 amide bonds. The molecule has 0 aliphatic carbocycles. The molecule has 1 aliphatic rings. The molecule has 7 nitrogen and oxygen atoms in total. The number of nitrogens with zero attached hydrogens (tertiary/aromatic N) is 4. The van der Waals surface area contributed by atoms with E-state index in [9.17, 15) is 0 Å². The third kappa shape index (κ3) is 4.79. The van der Waals surface area contributed by atoms with E-state index in [4.69, 9.17) is 9.41 Å². The molecular formula is C19H25IN6O. The molecule has 0 fully saturated rings. The first-order valence-corrected chi connectivity index (χ1v) is 9.21. The number of hydrogen-bond acceptors (Lipinski definition) is 4. The van der Waals surface area contributed by atoms with Crippen molar-refractivity contribution in [1.29, 1.82) is 0 Å². The lowest BCUT2D eigenvalue weighted by Crippen LogP contribution is -2.47. The van der Waals surface area contributed by atoms with Gasteiger partial charge in [0.15, 0.2) is 5.96 Å². The van der Waals surface area contributed by atoms with Crippen molar-refractivity contribution in [1.82, 2.24) is 25.4 Å². The smallest absolute Gasteiger partial charge is 0.191 e. The van der Waals surface area contributed by atoms with E-state index in [0.717, 1.165) is 60.9 Å². The molecule has 1 unspecified atom stereocenters. The quantitative estimate of drug-likeness (QED) is 0.334. The molecule has 3 heterocycles. The van der Waals surface area contributed by atoms with Crippen molar-refractivity contribution < 1.29 is 4.42 Å². The van der Waals surface area contributed by atoms with Gasteiger partial charge in [0.05, 0.1) is 6.54 Å². The highest BCUT2D eigenvalue weighted by Gasteiger charge is 2.20. The Hall–Kier alpha value is -2.10. The molecule has 0 saturated heterocycles. The molecule has 2 aromatic heterocycles. The molecular weight excluding hydrogens is 455 g/mol. The van der Waals surface area contributed by atoms with Gasteiger partial charge in [-0.15, -0.1) is 24.0 Å². The molecule has 8 heteroatoms. The van der Waals surface area contributed by atoms with Crippen LogP contribution in [0.5, 0.6) is 0 Å². The third-order valence-electron chi connectivity index (χ3n) is 4.60. The van der Waals surface area contributed by atoms with Crippen LogP contribution in [-0.4, -0.2) is 39.9 Å². The van der Waals surface area contributed by atoms with Gasteiger partial charge in [-0.3, -0.25) is 4.99 Å². The van der Waals surface area contributed by atoms with Gasteiger partial charge in [-0.2, -0.15) is 5.10 Å². The van der Waals surface area contributed by atoms with Gasteiger partial charge in [0.25, 0.3) is 0 Å². The second-order valence-corrected chi connectivity index (χ2v) is 6.50. The number of aryl methyl sites for hydroxylation is 1. The fraction of sp³-hybridized carbons (Fsp3) is 0.421. The Morgan fingerprint density at radius 2 is 2.26 bits per heavy atom. The molecule has 4 rings (SSSR count). The van der Waals surface area contributed by atoms with Crippen molar-refractivity contribution in [3.05, 3.63) is 48.2 Å². The molecule has 0 radical (unpaired) electrons. The summed E-state index contributed by atoms with van der Waals surface area (Å²) in [5, 5.41) is 12.3. The second kappa shape index (κ2) is 9.20. The Morgan fingerprint density at radius 1 is 1.37 bits per heavy atom. The zero-order valence-corrected chi connectivity index (χ0v) is 17.7. The summed E-state index contributed by atoms with van der Waals surface area (Å²) < 4.78 is 7.83. The second-order valence-electron chi connectivity index (χ2n) is 6.50. The first kappa shape index (κ1) is 19.7. The Balaban J connectivity index is 0.00000210. The van der Waals surface area contributed by atoms with Crippen LogP contribution in [0.1, 0.15) is 24.9 Å². The van der Waals surface area contributed by atoms with E-state index in [0.29, 0.717) is 12.6 Å². The molecule has 0 bridgehead atoms. The topological polar surface area (TPSA) is 80.3 Å². The number of aromatic nitrogens is 3. The highest BCUT2D eigenvalue weighted by atomic mass is 127. The van der Waals surface area contributed by atoms with Crippen LogP contribution in [0.25, 0.3) is 11.0 Å². The lowest BCUT2D eigenvalue weighted by atomic mass is 10.1. The summed E-state index contributed by atoms with van der Waals surface area (Å²) >= 11 is 0. The summed E-state index contributed by atoms with van der Waals surface area (Å²) in [7, 11) is 0. The van der Waals surface area contributed by atoms with Crippen molar-refractivity contribution in [2.75, 3.05) is 13.1 Å². The molecule has 0 saturated carbocycles. The van der Waals surface area contributed by atoms with E-state index in [2.05, 4.69) is 39.8 Å². The Morgan fingerprint density at radius 3 is 3.11 bits per heavy atom. The van der Waals surface area contributed by atoms with Crippen LogP contribution in [0.3, 0.4) is 0 Å². The Labute approximate surface area is 175 Å². The highest BCUT2D eigenvalue weighted by molar-refractivity contribution is 14.0. The Bertz CT molecular complexity index is 869. The number of hydrogen-bond donors (Lipinski definition) is 2. The van der Waals surface area contributed by atoms with Crippen LogP contribution in [0.2, 0.25) is 0 Å². The summed E-state index contributed by atoms with van der Waals surface area (Å²) in [6, 6.07) is 10.5. The van der Waals surface area contributed by atoms with E-state index >= 15 is 0 Å². The highest BCUT2D eigenvalue weighted by Crippen LogP contribution is 2.19. The number of rotatable bonds is 5. The Kier molecular flexibility index (Phi) is 6.70. The number of nitrogens with one attached hydrogen (secondary N) is 2. The van der Waals surface area contributed by atoms with Crippen molar-refractivity contribution in [2.24, 2.45) is 4.99 Å². The fourth-order valence-electron chi connectivity index (χ4n) is 3.31. The molecule has 2 N–H and O–H groups in total. The van der Waals surface area contributed by atoms with Gasteiger partial charge in [-0.1, -0.05) is 18.2 Å². The molecule has 1 aliphatic heterocycles. The molecule has 144 valence electrons. The van der Waals surface area contributed by atoms with Crippen LogP contribution in [0.15, 0.2) is 46.1 Å². The maximum Gasteiger partial charge on any atom is 0.191 e. The van der Waals surface area contributed by atoms with Crippen LogP contribution < -0.4 is 10.6 Å². The average Bonchev–Trinajstić information content (AvgIpc) is 3.27. The van der Waals surface area contributed by atoms with Gasteiger partial charge in [0.2, 0.25) is 0 Å². The molecule has 1 atom stereocenters. The number of guanidine groups is 1. The van der Waals surface area contributed by atoms with E-state index in [1.54, 1.807) is 6.33 Å². The number of furan rings is 1. The normalized spacial score (nSPS) is 16.6. The van der Waals surface area contributed by atoms with Gasteiger partial charge < -0.3 is 15.1 Å². The van der Waals surface area contributed by atoms with Crippen LogP contribution >= 0.6 is 24.0 Å². The molecule has 1 aromatic carbocycles. The van der Waals surface area contributed by atoms with Gasteiger partial charge in [0.1, 0.15) is 23.5 Å². The lowest BCUT2D eigenvalue weighted by molar-refractivity contribution is 0.392. The van der Waals surface area contributed by atoms with Crippen molar-refractivity contribution in [2.45, 2.75) is 38.8 Å². The monoisotopic (exact) mass is 480 g/mol. The minimum Gasteiger partial charge on any atom is -0.461 e. The summed E-state index contributed by atoms with van der Waals surface area (Å²) in [6.07, 6.45) is 4.39. The number of aliphatic imine (C=N–C) groups is 1. The molecule has 0 spiro atoms. The van der Waals surface area contributed by atoms with Crippen molar-refractivity contribution in [3.63, 3.8) is 0 Å². The summed E-state index contributed by atoms with van der Waals surface area (Å²) in [4.78, 5) is 8.98. The zero-order chi connectivity index (χ0) is 17.8. The number of fused-ring (bicyclic) bond motifs is 2. The largest absolute Gasteiger partial charge is 0.461 e. The van der Waals surface area contributed by atoms with Gasteiger partial charge >= 0.3 is 0 Å². The van der Waals surface area contributed by atoms with Crippen LogP contribution in [0.4, 0.5) is 0 Å². The number of para-hydroxylation sites is 1. The van der Waals surface area contributed by atoms with Gasteiger partial charge in [0, 0.05) is 37.4 Å². The minimum atomic E-state index is 0. The minimum absolute atomic E-state index is 0. The summed E-state index contributed by atoms with van der Waals surface area (Å²) in [5.74, 6) is 2.88. The third-order valence-corrected chi connectivity index (χ3v) is 4.60. The SMILES string of the molecule is CCNC(=NCCc1cc2ccccc2o1)NC1CCc2ncnn2C1.I. The molecule has 3 aromatic rings. The summed E-state index contributed by atoms with van der Waals surface area (Å²) in [5.41, 5.74) is 0.933. The lowest BCUT2D eigenvalue weighted by Gasteiger charge is -2.25. The summed E-state index contributed by atoms with van der Waals surface area (Å²) in [6.45, 7) is 4.41. The van der Waals surface area contributed by atoms with E-state index < -0.39 is 0 Å². The zero-order valence-electron chi connectivity index (χ0n) is 15.4. The van der Waals surface area contributed by atoms with Crippen LogP contribution in [-0.2, 0) is 19.4 Å². The van der Waals surface area contributed by atoms with E-state index in [-0.39, 0.29) is 24.0 Å². The van der Waals surface area contributed by atoms with E-state index in [1.807, 2.05) is 22.9 Å². The van der Waals surface area contributed by atoms with Gasteiger partial charge in [-0.05, 0) is 25.5 Å². The fourth-order valence-corrected chi connectivity index (χ4v) is 3.31.